The lowest BCUT2D eigenvalue weighted by atomic mass is 10.2. The Morgan fingerprint density at radius 2 is 2.50 bits per heavy atom. The van der Waals surface area contributed by atoms with E-state index in [1.165, 1.54) is 0 Å². The topological polar surface area (TPSA) is 65.8 Å². The van der Waals surface area contributed by atoms with E-state index in [9.17, 15) is 4.79 Å². The number of carbonyl (C=O) groups excluding carboxylic acids is 1. The molecular formula is C10H11N3O. The van der Waals surface area contributed by atoms with E-state index in [0.717, 1.165) is 12.0 Å². The molecule has 0 aliphatic rings. The van der Waals surface area contributed by atoms with Gasteiger partial charge in [0.05, 0.1) is 6.07 Å². The highest BCUT2D eigenvalue weighted by molar-refractivity contribution is 5.77. The van der Waals surface area contributed by atoms with E-state index in [2.05, 4.69) is 10.3 Å². The Kier molecular flexibility index (Phi) is 4.15. The molecule has 1 amide bonds. The molecule has 1 heterocycles. The molecule has 0 saturated carbocycles. The van der Waals surface area contributed by atoms with Crippen LogP contribution in [0.5, 0.6) is 0 Å². The van der Waals surface area contributed by atoms with Crippen LogP contribution in [0.2, 0.25) is 0 Å². The molecule has 72 valence electrons. The molecule has 0 unspecified atom stereocenters. The number of hydrogen-bond acceptors (Lipinski definition) is 3. The molecule has 4 heteroatoms. The van der Waals surface area contributed by atoms with Crippen molar-refractivity contribution in [1.82, 2.24) is 10.3 Å². The maximum absolute atomic E-state index is 10.9. The van der Waals surface area contributed by atoms with Crippen LogP contribution >= 0.6 is 0 Å². The molecule has 14 heavy (non-hydrogen) atoms. The summed E-state index contributed by atoms with van der Waals surface area (Å²) in [5.41, 5.74) is 1.07. The minimum Gasteiger partial charge on any atom is -0.355 e. The average Bonchev–Trinajstić information content (AvgIpc) is 2.20. The third-order valence-corrected chi connectivity index (χ3v) is 1.70. The average molecular weight is 189 g/mol. The summed E-state index contributed by atoms with van der Waals surface area (Å²) < 4.78 is 0. The van der Waals surface area contributed by atoms with E-state index in [1.54, 1.807) is 18.5 Å². The predicted molar refractivity (Wildman–Crippen MR) is 51.2 cm³/mol. The fourth-order valence-electron chi connectivity index (χ4n) is 1.03. The van der Waals surface area contributed by atoms with Crippen LogP contribution in [0, 0.1) is 11.3 Å². The predicted octanol–water partition coefficient (Wildman–Crippen LogP) is 0.654. The van der Waals surface area contributed by atoms with E-state index < -0.39 is 0 Å². The Bertz CT molecular complexity index is 329. The number of carbonyl (C=O) groups is 1. The van der Waals surface area contributed by atoms with E-state index in [-0.39, 0.29) is 12.3 Å². The van der Waals surface area contributed by atoms with Crippen LogP contribution < -0.4 is 5.32 Å². The smallest absolute Gasteiger partial charge is 0.234 e. The summed E-state index contributed by atoms with van der Waals surface area (Å²) in [7, 11) is 0. The summed E-state index contributed by atoms with van der Waals surface area (Å²) in [6, 6.07) is 5.59. The standard InChI is InChI=1S/C10H11N3O/c11-5-3-10(14)13-7-4-9-2-1-6-12-8-9/h1-2,6,8H,3-4,7H2,(H,13,14). The summed E-state index contributed by atoms with van der Waals surface area (Å²) >= 11 is 0. The second-order valence-corrected chi connectivity index (χ2v) is 2.80. The number of amides is 1. The van der Waals surface area contributed by atoms with Crippen LogP contribution in [0.4, 0.5) is 0 Å². The number of nitriles is 1. The minimum absolute atomic E-state index is 0.0763. The highest BCUT2D eigenvalue weighted by atomic mass is 16.1. The maximum atomic E-state index is 10.9. The summed E-state index contributed by atoms with van der Waals surface area (Å²) in [6.45, 7) is 0.548. The van der Waals surface area contributed by atoms with Gasteiger partial charge < -0.3 is 5.32 Å². The van der Waals surface area contributed by atoms with Gasteiger partial charge in [0.1, 0.15) is 6.42 Å². The highest BCUT2D eigenvalue weighted by Gasteiger charge is 1.98. The second-order valence-electron chi connectivity index (χ2n) is 2.80. The lowest BCUT2D eigenvalue weighted by Crippen LogP contribution is -2.24. The first-order valence-electron chi connectivity index (χ1n) is 4.35. The first-order chi connectivity index (χ1) is 6.83. The molecule has 0 aliphatic carbocycles. The van der Waals surface area contributed by atoms with Crippen molar-refractivity contribution in [3.05, 3.63) is 30.1 Å². The van der Waals surface area contributed by atoms with E-state index in [4.69, 9.17) is 5.26 Å². The fourth-order valence-corrected chi connectivity index (χ4v) is 1.03. The van der Waals surface area contributed by atoms with Crippen molar-refractivity contribution in [2.45, 2.75) is 12.8 Å². The molecule has 0 radical (unpaired) electrons. The molecule has 1 aromatic rings. The Balaban J connectivity index is 2.23. The van der Waals surface area contributed by atoms with Gasteiger partial charge in [-0.1, -0.05) is 6.07 Å². The molecule has 0 fully saturated rings. The monoisotopic (exact) mass is 189 g/mol. The Labute approximate surface area is 82.6 Å². The number of aromatic nitrogens is 1. The molecule has 1 N–H and O–H groups in total. The van der Waals surface area contributed by atoms with Crippen LogP contribution in [-0.2, 0) is 11.2 Å². The van der Waals surface area contributed by atoms with Gasteiger partial charge in [-0.15, -0.1) is 0 Å². The molecule has 1 aromatic heterocycles. The van der Waals surface area contributed by atoms with Crippen LogP contribution in [0.3, 0.4) is 0 Å². The summed E-state index contributed by atoms with van der Waals surface area (Å²) in [5.74, 6) is -0.226. The lowest BCUT2D eigenvalue weighted by molar-refractivity contribution is -0.120. The summed E-state index contributed by atoms with van der Waals surface area (Å²) in [6.07, 6.45) is 4.13. The Morgan fingerprint density at radius 1 is 1.64 bits per heavy atom. The van der Waals surface area contributed by atoms with Gasteiger partial charge in [-0.05, 0) is 18.1 Å². The van der Waals surface area contributed by atoms with Crippen LogP contribution in [0.15, 0.2) is 24.5 Å². The lowest BCUT2D eigenvalue weighted by Gasteiger charge is -2.01. The summed E-state index contributed by atoms with van der Waals surface area (Å²) in [5, 5.41) is 10.9. The molecule has 0 aliphatic heterocycles. The largest absolute Gasteiger partial charge is 0.355 e. The third kappa shape index (κ3) is 3.68. The van der Waals surface area contributed by atoms with Crippen molar-refractivity contribution in [2.24, 2.45) is 0 Å². The van der Waals surface area contributed by atoms with Gasteiger partial charge in [0, 0.05) is 18.9 Å². The molecular weight excluding hydrogens is 178 g/mol. The highest BCUT2D eigenvalue weighted by Crippen LogP contribution is 1.95. The fraction of sp³-hybridized carbons (Fsp3) is 0.300. The first-order valence-corrected chi connectivity index (χ1v) is 4.35. The van der Waals surface area contributed by atoms with Gasteiger partial charge in [0.2, 0.25) is 5.91 Å². The zero-order valence-electron chi connectivity index (χ0n) is 7.73. The quantitative estimate of drug-likeness (QED) is 0.756. The molecule has 1 rings (SSSR count). The minimum atomic E-state index is -0.226. The van der Waals surface area contributed by atoms with Gasteiger partial charge in [-0.25, -0.2) is 0 Å². The van der Waals surface area contributed by atoms with Crippen molar-refractivity contribution in [3.63, 3.8) is 0 Å². The second kappa shape index (κ2) is 5.70. The summed E-state index contributed by atoms with van der Waals surface area (Å²) in [4.78, 5) is 14.8. The Hall–Kier alpha value is -1.89. The van der Waals surface area contributed by atoms with Crippen LogP contribution in [-0.4, -0.2) is 17.4 Å². The van der Waals surface area contributed by atoms with Gasteiger partial charge in [-0.3, -0.25) is 9.78 Å². The Morgan fingerprint density at radius 3 is 3.14 bits per heavy atom. The molecule has 4 nitrogen and oxygen atoms in total. The first kappa shape index (κ1) is 10.2. The molecule has 0 saturated heterocycles. The van der Waals surface area contributed by atoms with Gasteiger partial charge in [-0.2, -0.15) is 5.26 Å². The number of pyridine rings is 1. The van der Waals surface area contributed by atoms with Gasteiger partial charge in [0.15, 0.2) is 0 Å². The van der Waals surface area contributed by atoms with Crippen LogP contribution in [0.25, 0.3) is 0 Å². The normalized spacial score (nSPS) is 9.07. The van der Waals surface area contributed by atoms with Crippen molar-refractivity contribution >= 4 is 5.91 Å². The third-order valence-electron chi connectivity index (χ3n) is 1.70. The van der Waals surface area contributed by atoms with E-state index in [0.29, 0.717) is 6.54 Å². The zero-order valence-corrected chi connectivity index (χ0v) is 7.73. The van der Waals surface area contributed by atoms with Crippen molar-refractivity contribution < 1.29 is 4.79 Å². The van der Waals surface area contributed by atoms with Gasteiger partial charge in [0.25, 0.3) is 0 Å². The number of nitrogens with zero attached hydrogens (tertiary/aromatic N) is 2. The number of nitrogens with one attached hydrogen (secondary N) is 1. The van der Waals surface area contributed by atoms with Crippen molar-refractivity contribution in [3.8, 4) is 6.07 Å². The van der Waals surface area contributed by atoms with Crippen molar-refractivity contribution in [2.75, 3.05) is 6.54 Å². The molecule has 0 spiro atoms. The van der Waals surface area contributed by atoms with Gasteiger partial charge >= 0.3 is 0 Å². The van der Waals surface area contributed by atoms with Crippen molar-refractivity contribution in [1.29, 1.82) is 5.26 Å². The van der Waals surface area contributed by atoms with E-state index in [1.807, 2.05) is 12.1 Å². The molecule has 0 atom stereocenters. The molecule has 0 bridgehead atoms. The number of rotatable bonds is 4. The maximum Gasteiger partial charge on any atom is 0.234 e. The number of hydrogen-bond donors (Lipinski definition) is 1. The van der Waals surface area contributed by atoms with E-state index >= 15 is 0 Å². The molecule has 0 aromatic carbocycles. The SMILES string of the molecule is N#CCC(=O)NCCc1cccnc1. The zero-order chi connectivity index (χ0) is 10.2. The van der Waals surface area contributed by atoms with Crippen LogP contribution in [0.1, 0.15) is 12.0 Å².